The maximum Gasteiger partial charge on any atom is 0.306 e. The van der Waals surface area contributed by atoms with Crippen molar-refractivity contribution in [3.8, 4) is 0 Å². The van der Waals surface area contributed by atoms with Gasteiger partial charge in [-0.3, -0.25) is 9.59 Å². The van der Waals surface area contributed by atoms with Crippen molar-refractivity contribution in [3.05, 3.63) is 24.3 Å². The lowest BCUT2D eigenvalue weighted by molar-refractivity contribution is -0.151. The van der Waals surface area contributed by atoms with Gasteiger partial charge in [0.1, 0.15) is 6.10 Å². The van der Waals surface area contributed by atoms with E-state index in [-0.39, 0.29) is 24.9 Å². The van der Waals surface area contributed by atoms with Gasteiger partial charge in [-0.25, -0.2) is 0 Å². The van der Waals surface area contributed by atoms with Crippen LogP contribution in [0.15, 0.2) is 24.3 Å². The van der Waals surface area contributed by atoms with Gasteiger partial charge in [-0.15, -0.1) is 0 Å². The highest BCUT2D eigenvalue weighted by Gasteiger charge is 2.24. The molecule has 0 fully saturated rings. The summed E-state index contributed by atoms with van der Waals surface area (Å²) in [6.07, 6.45) is 51.0. The van der Waals surface area contributed by atoms with Gasteiger partial charge in [0.05, 0.1) is 25.2 Å². The molecule has 0 heterocycles. The molecule has 6 heteroatoms. The summed E-state index contributed by atoms with van der Waals surface area (Å²) in [6.45, 7) is 6.45. The van der Waals surface area contributed by atoms with Crippen molar-refractivity contribution < 1.29 is 24.5 Å². The Morgan fingerprint density at radius 1 is 0.491 bits per heavy atom. The molecule has 0 aromatic carbocycles. The first-order valence-electron chi connectivity index (χ1n) is 25.1. The number of carbonyl (C=O) groups excluding carboxylic acids is 2. The van der Waals surface area contributed by atoms with Crippen LogP contribution >= 0.6 is 0 Å². The molecule has 3 unspecified atom stereocenters. The molecule has 57 heavy (non-hydrogen) atoms. The molecular weight excluding hydrogens is 707 g/mol. The zero-order valence-corrected chi connectivity index (χ0v) is 38.2. The van der Waals surface area contributed by atoms with Crippen molar-refractivity contribution in [2.45, 2.75) is 283 Å². The first-order chi connectivity index (χ1) is 28.0. The van der Waals surface area contributed by atoms with Crippen LogP contribution in [0.2, 0.25) is 0 Å². The van der Waals surface area contributed by atoms with Crippen molar-refractivity contribution in [3.63, 3.8) is 0 Å². The van der Waals surface area contributed by atoms with Crippen molar-refractivity contribution in [2.75, 3.05) is 6.61 Å². The molecule has 0 aliphatic carbocycles. The Morgan fingerprint density at radius 2 is 0.842 bits per heavy atom. The Labute approximate surface area is 354 Å². The minimum absolute atomic E-state index is 0.0642. The Bertz CT molecular complexity index is 904. The zero-order valence-electron chi connectivity index (χ0n) is 38.2. The van der Waals surface area contributed by atoms with Crippen LogP contribution < -0.4 is 5.32 Å². The third-order valence-corrected chi connectivity index (χ3v) is 11.5. The predicted octanol–water partition coefficient (Wildman–Crippen LogP) is 14.7. The van der Waals surface area contributed by atoms with Crippen LogP contribution in [0.1, 0.15) is 265 Å². The topological polar surface area (TPSA) is 95.9 Å². The number of allylic oxidation sites excluding steroid dienone is 4. The van der Waals surface area contributed by atoms with E-state index in [0.717, 1.165) is 70.6 Å². The average molecular weight is 804 g/mol. The molecule has 0 aromatic rings. The molecular formula is C51H97NO5. The first-order valence-corrected chi connectivity index (χ1v) is 25.1. The Hall–Kier alpha value is -1.66. The molecule has 0 aliphatic heterocycles. The molecule has 0 spiro atoms. The van der Waals surface area contributed by atoms with Crippen molar-refractivity contribution in [2.24, 2.45) is 0 Å². The molecule has 1 amide bonds. The highest BCUT2D eigenvalue weighted by Crippen LogP contribution is 2.17. The van der Waals surface area contributed by atoms with Crippen molar-refractivity contribution in [1.82, 2.24) is 5.32 Å². The van der Waals surface area contributed by atoms with E-state index >= 15 is 0 Å². The van der Waals surface area contributed by atoms with E-state index < -0.39 is 18.2 Å². The summed E-state index contributed by atoms with van der Waals surface area (Å²) in [7, 11) is 0. The lowest BCUT2D eigenvalue weighted by Crippen LogP contribution is -2.46. The number of unbranched alkanes of at least 4 members (excludes halogenated alkanes) is 29. The van der Waals surface area contributed by atoms with E-state index in [1.807, 2.05) is 0 Å². The second-order valence-electron chi connectivity index (χ2n) is 17.2. The summed E-state index contributed by atoms with van der Waals surface area (Å²) in [4.78, 5) is 26.0. The summed E-state index contributed by atoms with van der Waals surface area (Å²) in [5.74, 6) is -0.501. The van der Waals surface area contributed by atoms with Gasteiger partial charge in [-0.1, -0.05) is 199 Å². The normalized spacial score (nSPS) is 13.4. The summed E-state index contributed by atoms with van der Waals surface area (Å²) >= 11 is 0. The number of hydrogen-bond acceptors (Lipinski definition) is 5. The molecule has 3 N–H and O–H groups in total. The fourth-order valence-electron chi connectivity index (χ4n) is 7.65. The Kier molecular flexibility index (Phi) is 44.1. The van der Waals surface area contributed by atoms with Gasteiger partial charge in [0, 0.05) is 6.42 Å². The zero-order chi connectivity index (χ0) is 41.7. The van der Waals surface area contributed by atoms with E-state index in [1.165, 1.54) is 148 Å². The fraction of sp³-hybridized carbons (Fsp3) is 0.882. The Balaban J connectivity index is 4.52. The second-order valence-corrected chi connectivity index (χ2v) is 17.2. The number of esters is 1. The van der Waals surface area contributed by atoms with E-state index in [4.69, 9.17) is 4.74 Å². The van der Waals surface area contributed by atoms with Crippen LogP contribution in [0.3, 0.4) is 0 Å². The lowest BCUT2D eigenvalue weighted by Gasteiger charge is -2.24. The summed E-state index contributed by atoms with van der Waals surface area (Å²) in [5, 5.41) is 23.7. The number of ether oxygens (including phenoxy) is 1. The summed E-state index contributed by atoms with van der Waals surface area (Å²) in [6, 6.07) is -0.704. The molecule has 0 aromatic heterocycles. The molecule has 0 bridgehead atoms. The molecule has 0 saturated carbocycles. The molecule has 336 valence electrons. The highest BCUT2D eigenvalue weighted by molar-refractivity contribution is 5.77. The van der Waals surface area contributed by atoms with Crippen LogP contribution in [0.4, 0.5) is 0 Å². The minimum Gasteiger partial charge on any atom is -0.462 e. The monoisotopic (exact) mass is 804 g/mol. The second kappa shape index (κ2) is 45.4. The van der Waals surface area contributed by atoms with E-state index in [1.54, 1.807) is 0 Å². The van der Waals surface area contributed by atoms with Gasteiger partial charge in [-0.2, -0.15) is 0 Å². The van der Waals surface area contributed by atoms with E-state index in [0.29, 0.717) is 19.3 Å². The number of carbonyl (C=O) groups is 2. The summed E-state index contributed by atoms with van der Waals surface area (Å²) in [5.41, 5.74) is 0. The maximum atomic E-state index is 13.1. The van der Waals surface area contributed by atoms with Gasteiger partial charge in [0.25, 0.3) is 0 Å². The van der Waals surface area contributed by atoms with Crippen LogP contribution in [0.25, 0.3) is 0 Å². The van der Waals surface area contributed by atoms with Crippen LogP contribution in [-0.4, -0.2) is 46.9 Å². The number of nitrogens with one attached hydrogen (secondary N) is 1. The molecule has 0 rings (SSSR count). The maximum absolute atomic E-state index is 13.1. The minimum atomic E-state index is -0.789. The predicted molar refractivity (Wildman–Crippen MR) is 246 cm³/mol. The smallest absolute Gasteiger partial charge is 0.306 e. The number of hydrogen-bond donors (Lipinski definition) is 3. The average Bonchev–Trinajstić information content (AvgIpc) is 3.20. The van der Waals surface area contributed by atoms with Gasteiger partial charge in [-0.05, 0) is 77.0 Å². The van der Waals surface area contributed by atoms with Gasteiger partial charge < -0.3 is 20.3 Å². The van der Waals surface area contributed by atoms with Gasteiger partial charge in [0.15, 0.2) is 0 Å². The number of aliphatic hydroxyl groups is 2. The highest BCUT2D eigenvalue weighted by atomic mass is 16.5. The Morgan fingerprint density at radius 3 is 1.30 bits per heavy atom. The molecule has 0 aliphatic rings. The number of aliphatic hydroxyl groups excluding tert-OH is 2. The largest absolute Gasteiger partial charge is 0.462 e. The van der Waals surface area contributed by atoms with E-state index in [9.17, 15) is 19.8 Å². The van der Waals surface area contributed by atoms with Crippen LogP contribution in [0, 0.1) is 0 Å². The van der Waals surface area contributed by atoms with Crippen LogP contribution in [0.5, 0.6) is 0 Å². The first kappa shape index (κ1) is 55.3. The van der Waals surface area contributed by atoms with E-state index in [2.05, 4.69) is 50.4 Å². The third kappa shape index (κ3) is 40.9. The van der Waals surface area contributed by atoms with Gasteiger partial charge in [0.2, 0.25) is 5.91 Å². The summed E-state index contributed by atoms with van der Waals surface area (Å²) < 4.78 is 5.90. The number of amides is 1. The quantitative estimate of drug-likeness (QED) is 0.0324. The van der Waals surface area contributed by atoms with Crippen LogP contribution in [-0.2, 0) is 14.3 Å². The fourth-order valence-corrected chi connectivity index (χ4v) is 7.65. The molecule has 3 atom stereocenters. The SMILES string of the molecule is CCCCC/C=C\CCCCCC(CC(=O)NC(CO)C(O)CCCCCCCCCCCCCCCC)OC(=O)CCCCC/C=C\CCCCCCCCC. The standard InChI is InChI=1S/C51H97NO5/c1-4-7-10-13-16-19-22-24-26-28-31-34-37-40-43-49(54)48(46-53)52-50(55)45-47(42-39-36-33-30-21-18-15-12-9-6-3)57-51(56)44-41-38-35-32-29-27-25-23-20-17-14-11-8-5-2/h18,21,27,29,47-49,53-54H,4-17,19-20,22-26,28,30-46H2,1-3H3,(H,52,55)/b21-18-,29-27-. The third-order valence-electron chi connectivity index (χ3n) is 11.5. The van der Waals surface area contributed by atoms with Crippen molar-refractivity contribution in [1.29, 1.82) is 0 Å². The molecule has 6 nitrogen and oxygen atoms in total. The van der Waals surface area contributed by atoms with Gasteiger partial charge >= 0.3 is 5.97 Å². The van der Waals surface area contributed by atoms with Crippen molar-refractivity contribution >= 4 is 11.9 Å². The lowest BCUT2D eigenvalue weighted by atomic mass is 10.0. The molecule has 0 saturated heterocycles. The molecule has 0 radical (unpaired) electrons. The number of rotatable bonds is 45.